The van der Waals surface area contributed by atoms with Crippen LogP contribution in [0.4, 0.5) is 0 Å². The first-order valence-corrected chi connectivity index (χ1v) is 10.3. The van der Waals surface area contributed by atoms with Crippen molar-refractivity contribution < 1.29 is 0 Å². The molecule has 26 heavy (non-hydrogen) atoms. The minimum absolute atomic E-state index is 0.652. The van der Waals surface area contributed by atoms with Crippen LogP contribution >= 0.6 is 0 Å². The molecule has 4 unspecified atom stereocenters. The fourth-order valence-corrected chi connectivity index (χ4v) is 6.13. The quantitative estimate of drug-likeness (QED) is 0.305. The van der Waals surface area contributed by atoms with Gasteiger partial charge in [0.1, 0.15) is 0 Å². The zero-order valence-electron chi connectivity index (χ0n) is 14.9. The Morgan fingerprint density at radius 3 is 0.885 bits per heavy atom. The molecule has 3 aromatic rings. The summed E-state index contributed by atoms with van der Waals surface area (Å²) in [4.78, 5) is 0. The first kappa shape index (κ1) is 13.8. The molecule has 0 N–H and O–H groups in total. The normalized spacial score (nSPS) is 30.2. The van der Waals surface area contributed by atoms with Crippen LogP contribution in [0, 0.1) is 0 Å². The molecule has 0 amide bonds. The summed E-state index contributed by atoms with van der Waals surface area (Å²) in [5.74, 6) is 2.61. The topological polar surface area (TPSA) is 0 Å². The van der Waals surface area contributed by atoms with Crippen LogP contribution in [-0.2, 0) is 0 Å². The molecule has 4 atom stereocenters. The summed E-state index contributed by atoms with van der Waals surface area (Å²) in [6.45, 7) is 0. The van der Waals surface area contributed by atoms with E-state index in [-0.39, 0.29) is 0 Å². The molecule has 0 saturated heterocycles. The van der Waals surface area contributed by atoms with Gasteiger partial charge in [-0.15, -0.1) is 0 Å². The van der Waals surface area contributed by atoms with Gasteiger partial charge in [0.2, 0.25) is 0 Å². The Morgan fingerprint density at radius 2 is 0.654 bits per heavy atom. The van der Waals surface area contributed by atoms with Crippen LogP contribution in [0.15, 0.2) is 60.7 Å². The molecule has 0 heterocycles. The second-order valence-corrected chi connectivity index (χ2v) is 8.86. The molecule has 0 spiro atoms. The smallest absolute Gasteiger partial charge is 0.00216 e. The molecule has 3 aromatic carbocycles. The highest BCUT2D eigenvalue weighted by Gasteiger charge is 2.30. The SMILES string of the molecule is C1=CC2CCC1c1cc3cc4cc5c(cc4cc3cc12)C1C=CC5CC1. The molecule has 6 aliphatic rings. The third kappa shape index (κ3) is 1.70. The third-order valence-corrected chi connectivity index (χ3v) is 7.53. The monoisotopic (exact) mass is 334 g/mol. The molecule has 4 bridgehead atoms. The van der Waals surface area contributed by atoms with E-state index in [2.05, 4.69) is 60.7 Å². The van der Waals surface area contributed by atoms with E-state index >= 15 is 0 Å². The van der Waals surface area contributed by atoms with Crippen LogP contribution in [-0.4, -0.2) is 0 Å². The maximum atomic E-state index is 2.50. The van der Waals surface area contributed by atoms with Crippen LogP contribution in [0.2, 0.25) is 0 Å². The number of benzene rings is 3. The standard InChI is InChI=1S/C26H22/c1-2-16-4-3-15(1)23-11-19-9-21-13-25-17-5-7-18(8-6-17)26(25)14-22(21)10-20(19)12-24(16)23/h1-2,5,7,9-18H,3-4,6,8H2. The molecule has 0 heteroatoms. The van der Waals surface area contributed by atoms with Crippen LogP contribution in [0.3, 0.4) is 0 Å². The largest absolute Gasteiger partial charge is 0.0804 e. The molecule has 0 aliphatic heterocycles. The fourth-order valence-electron chi connectivity index (χ4n) is 6.13. The Morgan fingerprint density at radius 1 is 0.385 bits per heavy atom. The first-order chi connectivity index (χ1) is 12.8. The summed E-state index contributed by atoms with van der Waals surface area (Å²) in [7, 11) is 0. The average Bonchev–Trinajstić information content (AvgIpc) is 2.71. The number of fused-ring (bicyclic) bond motifs is 4. The Labute approximate surface area is 154 Å². The molecular weight excluding hydrogens is 312 g/mol. The van der Waals surface area contributed by atoms with E-state index in [0.717, 1.165) is 0 Å². The van der Waals surface area contributed by atoms with Gasteiger partial charge in [-0.05, 0) is 81.6 Å². The summed E-state index contributed by atoms with van der Waals surface area (Å²) >= 11 is 0. The van der Waals surface area contributed by atoms with E-state index in [1.54, 1.807) is 22.3 Å². The summed E-state index contributed by atoms with van der Waals surface area (Å²) in [5.41, 5.74) is 6.37. The Kier molecular flexibility index (Phi) is 2.49. The highest BCUT2D eigenvalue weighted by molar-refractivity contribution is 6.00. The number of allylic oxidation sites excluding steroid dienone is 4. The second-order valence-electron chi connectivity index (χ2n) is 8.86. The minimum atomic E-state index is 0.652. The van der Waals surface area contributed by atoms with Crippen molar-refractivity contribution in [1.29, 1.82) is 0 Å². The van der Waals surface area contributed by atoms with Crippen molar-refractivity contribution in [2.75, 3.05) is 0 Å². The lowest BCUT2D eigenvalue weighted by Crippen LogP contribution is -2.17. The van der Waals surface area contributed by atoms with Gasteiger partial charge in [-0.1, -0.05) is 48.6 Å². The van der Waals surface area contributed by atoms with Crippen molar-refractivity contribution in [3.8, 4) is 0 Å². The van der Waals surface area contributed by atoms with Gasteiger partial charge in [-0.3, -0.25) is 0 Å². The summed E-state index contributed by atoms with van der Waals surface area (Å²) < 4.78 is 0. The molecule has 0 aromatic heterocycles. The molecule has 0 fully saturated rings. The molecule has 0 radical (unpaired) electrons. The van der Waals surface area contributed by atoms with Crippen LogP contribution in [0.25, 0.3) is 21.5 Å². The van der Waals surface area contributed by atoms with E-state index < -0.39 is 0 Å². The highest BCUT2D eigenvalue weighted by Crippen LogP contribution is 2.48. The van der Waals surface area contributed by atoms with Gasteiger partial charge in [-0.25, -0.2) is 0 Å². The summed E-state index contributed by atoms with van der Waals surface area (Å²) in [6, 6.07) is 14.9. The highest BCUT2D eigenvalue weighted by atomic mass is 14.3. The van der Waals surface area contributed by atoms with Crippen molar-refractivity contribution >= 4 is 21.5 Å². The van der Waals surface area contributed by atoms with Crippen LogP contribution in [0.1, 0.15) is 71.6 Å². The lowest BCUT2D eigenvalue weighted by molar-refractivity contribution is 0.554. The first-order valence-electron chi connectivity index (χ1n) is 10.3. The summed E-state index contributed by atoms with van der Waals surface area (Å²) in [5, 5.41) is 5.70. The zero-order valence-corrected chi connectivity index (χ0v) is 14.9. The van der Waals surface area contributed by atoms with Crippen molar-refractivity contribution in [2.45, 2.75) is 49.4 Å². The van der Waals surface area contributed by atoms with E-state index in [1.807, 2.05) is 0 Å². The van der Waals surface area contributed by atoms with Gasteiger partial charge in [-0.2, -0.15) is 0 Å². The molecule has 9 rings (SSSR count). The van der Waals surface area contributed by atoms with Gasteiger partial charge < -0.3 is 0 Å². The lowest BCUT2D eigenvalue weighted by Gasteiger charge is -2.34. The number of rotatable bonds is 0. The fraction of sp³-hybridized carbons (Fsp3) is 0.308. The Balaban J connectivity index is 1.49. The minimum Gasteiger partial charge on any atom is -0.0804 e. The average molecular weight is 334 g/mol. The lowest BCUT2D eigenvalue weighted by atomic mass is 9.70. The summed E-state index contributed by atoms with van der Waals surface area (Å²) in [6.07, 6.45) is 15.1. The molecule has 6 aliphatic carbocycles. The predicted molar refractivity (Wildman–Crippen MR) is 109 cm³/mol. The van der Waals surface area contributed by atoms with Crippen molar-refractivity contribution in [3.63, 3.8) is 0 Å². The van der Waals surface area contributed by atoms with Gasteiger partial charge in [0.15, 0.2) is 0 Å². The van der Waals surface area contributed by atoms with Gasteiger partial charge in [0.05, 0.1) is 0 Å². The van der Waals surface area contributed by atoms with Crippen LogP contribution < -0.4 is 0 Å². The van der Waals surface area contributed by atoms with Gasteiger partial charge >= 0.3 is 0 Å². The molecular formula is C26H22. The van der Waals surface area contributed by atoms with E-state index in [4.69, 9.17) is 0 Å². The Hall–Kier alpha value is -2.34. The van der Waals surface area contributed by atoms with Crippen molar-refractivity contribution in [2.24, 2.45) is 0 Å². The molecule has 126 valence electrons. The maximum absolute atomic E-state index is 2.50. The van der Waals surface area contributed by atoms with E-state index in [9.17, 15) is 0 Å². The number of hydrogen-bond acceptors (Lipinski definition) is 0. The number of hydrogen-bond donors (Lipinski definition) is 0. The van der Waals surface area contributed by atoms with Crippen molar-refractivity contribution in [1.82, 2.24) is 0 Å². The third-order valence-electron chi connectivity index (χ3n) is 7.53. The van der Waals surface area contributed by atoms with Crippen LogP contribution in [0.5, 0.6) is 0 Å². The van der Waals surface area contributed by atoms with E-state index in [0.29, 0.717) is 23.7 Å². The maximum Gasteiger partial charge on any atom is 0.00216 e. The zero-order chi connectivity index (χ0) is 16.8. The molecule has 0 saturated carbocycles. The van der Waals surface area contributed by atoms with E-state index in [1.165, 1.54) is 47.2 Å². The van der Waals surface area contributed by atoms with Crippen molar-refractivity contribution in [3.05, 3.63) is 83.0 Å². The van der Waals surface area contributed by atoms with Gasteiger partial charge in [0, 0.05) is 23.7 Å². The second kappa shape index (κ2) is 4.68. The Bertz CT molecular complexity index is 981. The van der Waals surface area contributed by atoms with Gasteiger partial charge in [0.25, 0.3) is 0 Å². The molecule has 0 nitrogen and oxygen atoms in total. The predicted octanol–water partition coefficient (Wildman–Crippen LogP) is 7.05.